The molecule has 0 radical (unpaired) electrons. The largest absolute Gasteiger partial charge is 0.480 e. The number of carboxylic acids is 1. The van der Waals surface area contributed by atoms with Crippen molar-refractivity contribution in [1.82, 2.24) is 9.80 Å². The highest BCUT2D eigenvalue weighted by molar-refractivity contribution is 5.77. The summed E-state index contributed by atoms with van der Waals surface area (Å²) in [5.41, 5.74) is 0. The Morgan fingerprint density at radius 3 is 2.46 bits per heavy atom. The van der Waals surface area contributed by atoms with E-state index in [0.29, 0.717) is 19.6 Å². The van der Waals surface area contributed by atoms with Crippen LogP contribution in [0.1, 0.15) is 6.92 Å². The number of nitrogens with zero attached hydrogens (tertiary/aromatic N) is 2. The van der Waals surface area contributed by atoms with Crippen LogP contribution in [0.3, 0.4) is 0 Å². The molecule has 1 amide bonds. The molecule has 1 saturated heterocycles. The monoisotopic (exact) mass is 186 g/mol. The Kier molecular flexibility index (Phi) is 2.87. The zero-order valence-electron chi connectivity index (χ0n) is 7.86. The van der Waals surface area contributed by atoms with Crippen LogP contribution in [-0.4, -0.2) is 59.5 Å². The van der Waals surface area contributed by atoms with Crippen molar-refractivity contribution < 1.29 is 14.7 Å². The number of hydrogen-bond acceptors (Lipinski definition) is 3. The number of carbonyl (C=O) groups excluding carboxylic acids is 1. The molecule has 5 heteroatoms. The van der Waals surface area contributed by atoms with E-state index in [0.717, 1.165) is 0 Å². The third kappa shape index (κ3) is 2.18. The Balaban J connectivity index is 2.63. The molecule has 1 aliphatic heterocycles. The lowest BCUT2D eigenvalue weighted by Crippen LogP contribution is -2.55. The van der Waals surface area contributed by atoms with Gasteiger partial charge >= 0.3 is 5.97 Å². The van der Waals surface area contributed by atoms with Crippen LogP contribution in [0.4, 0.5) is 0 Å². The first-order valence-corrected chi connectivity index (χ1v) is 4.21. The van der Waals surface area contributed by atoms with Gasteiger partial charge in [-0.1, -0.05) is 0 Å². The maximum atomic E-state index is 11.0. The second-order valence-corrected chi connectivity index (χ2v) is 3.30. The van der Waals surface area contributed by atoms with E-state index in [-0.39, 0.29) is 5.91 Å². The Bertz CT molecular complexity index is 229. The number of hydrogen-bond donors (Lipinski definition) is 1. The fraction of sp³-hybridized carbons (Fsp3) is 0.750. The van der Waals surface area contributed by atoms with Crippen molar-refractivity contribution in [2.45, 2.75) is 13.0 Å². The van der Waals surface area contributed by atoms with Crippen molar-refractivity contribution >= 4 is 11.9 Å². The van der Waals surface area contributed by atoms with Crippen molar-refractivity contribution in [2.75, 3.05) is 26.7 Å². The van der Waals surface area contributed by atoms with Gasteiger partial charge in [-0.2, -0.15) is 0 Å². The van der Waals surface area contributed by atoms with Gasteiger partial charge in [-0.15, -0.1) is 0 Å². The number of piperazine rings is 1. The maximum absolute atomic E-state index is 11.0. The summed E-state index contributed by atoms with van der Waals surface area (Å²) < 4.78 is 0. The minimum atomic E-state index is -0.867. The summed E-state index contributed by atoms with van der Waals surface area (Å²) in [5.74, 6) is -0.923. The van der Waals surface area contributed by atoms with Crippen molar-refractivity contribution in [3.8, 4) is 0 Å². The number of rotatable bonds is 1. The first-order chi connectivity index (χ1) is 6.02. The molecule has 0 spiro atoms. The van der Waals surface area contributed by atoms with Crippen LogP contribution in [-0.2, 0) is 9.59 Å². The van der Waals surface area contributed by atoms with Gasteiger partial charge < -0.3 is 10.0 Å². The Morgan fingerprint density at radius 1 is 1.38 bits per heavy atom. The van der Waals surface area contributed by atoms with Crippen LogP contribution >= 0.6 is 0 Å². The second kappa shape index (κ2) is 3.74. The number of aliphatic carboxylic acids is 1. The molecule has 0 aliphatic carbocycles. The van der Waals surface area contributed by atoms with Crippen LogP contribution in [0.2, 0.25) is 0 Å². The van der Waals surface area contributed by atoms with Gasteiger partial charge in [-0.25, -0.2) is 0 Å². The van der Waals surface area contributed by atoms with Crippen molar-refractivity contribution in [1.29, 1.82) is 0 Å². The maximum Gasteiger partial charge on any atom is 0.322 e. The molecule has 1 N–H and O–H groups in total. The van der Waals surface area contributed by atoms with Crippen LogP contribution in [0.5, 0.6) is 0 Å². The summed E-state index contributed by atoms with van der Waals surface area (Å²) in [6, 6.07) is -0.558. The molecule has 1 rings (SSSR count). The number of likely N-dealkylation sites (N-methyl/N-ethyl adjacent to an activating group) is 1. The van der Waals surface area contributed by atoms with Crippen LogP contribution < -0.4 is 0 Å². The normalized spacial score (nSPS) is 24.5. The summed E-state index contributed by atoms with van der Waals surface area (Å²) in [5, 5.41) is 8.83. The summed E-state index contributed by atoms with van der Waals surface area (Å²) in [6.45, 7) is 3.00. The molecular weight excluding hydrogens is 172 g/mol. The van der Waals surface area contributed by atoms with E-state index in [1.54, 1.807) is 16.8 Å². The highest BCUT2D eigenvalue weighted by atomic mass is 16.4. The van der Waals surface area contributed by atoms with E-state index in [1.807, 2.05) is 0 Å². The predicted octanol–water partition coefficient (Wildman–Crippen LogP) is -0.766. The highest BCUT2D eigenvalue weighted by Gasteiger charge is 2.30. The van der Waals surface area contributed by atoms with Crippen LogP contribution in [0.25, 0.3) is 0 Å². The van der Waals surface area contributed by atoms with Gasteiger partial charge in [0.15, 0.2) is 0 Å². The van der Waals surface area contributed by atoms with E-state index in [2.05, 4.69) is 0 Å². The number of carbonyl (C=O) groups is 2. The second-order valence-electron chi connectivity index (χ2n) is 3.30. The van der Waals surface area contributed by atoms with E-state index in [9.17, 15) is 9.59 Å². The lowest BCUT2D eigenvalue weighted by Gasteiger charge is -2.36. The fourth-order valence-corrected chi connectivity index (χ4v) is 1.43. The minimum Gasteiger partial charge on any atom is -0.480 e. The van der Waals surface area contributed by atoms with Gasteiger partial charge in [0.2, 0.25) is 5.91 Å². The molecule has 0 bridgehead atoms. The van der Waals surface area contributed by atoms with Gasteiger partial charge in [-0.05, 0) is 7.05 Å². The summed E-state index contributed by atoms with van der Waals surface area (Å²) >= 11 is 0. The SMILES string of the molecule is CC(=O)N1CCN(C)[C@H](C(=O)O)C1. The van der Waals surface area contributed by atoms with E-state index >= 15 is 0 Å². The molecule has 74 valence electrons. The molecule has 0 saturated carbocycles. The topological polar surface area (TPSA) is 60.9 Å². The number of carboxylic acid groups (broad SMARTS) is 1. The third-order valence-corrected chi connectivity index (χ3v) is 2.38. The fourth-order valence-electron chi connectivity index (χ4n) is 1.43. The molecule has 1 atom stereocenters. The first kappa shape index (κ1) is 9.98. The van der Waals surface area contributed by atoms with Gasteiger partial charge in [-0.3, -0.25) is 14.5 Å². The van der Waals surface area contributed by atoms with Crippen molar-refractivity contribution in [3.05, 3.63) is 0 Å². The zero-order valence-corrected chi connectivity index (χ0v) is 7.86. The van der Waals surface area contributed by atoms with Gasteiger partial charge in [0.05, 0.1) is 0 Å². The summed E-state index contributed by atoms with van der Waals surface area (Å²) in [6.07, 6.45) is 0. The average Bonchev–Trinajstić information content (AvgIpc) is 2.04. The molecule has 0 aromatic rings. The lowest BCUT2D eigenvalue weighted by molar-refractivity contribution is -0.147. The molecule has 1 aliphatic rings. The van der Waals surface area contributed by atoms with E-state index in [4.69, 9.17) is 5.11 Å². The van der Waals surface area contributed by atoms with Gasteiger partial charge in [0, 0.05) is 26.6 Å². The van der Waals surface area contributed by atoms with Crippen LogP contribution in [0, 0.1) is 0 Å². The first-order valence-electron chi connectivity index (χ1n) is 4.21. The smallest absolute Gasteiger partial charge is 0.322 e. The summed E-state index contributed by atoms with van der Waals surface area (Å²) in [4.78, 5) is 25.1. The quantitative estimate of drug-likeness (QED) is 0.584. The molecule has 0 aromatic heterocycles. The average molecular weight is 186 g/mol. The highest BCUT2D eigenvalue weighted by Crippen LogP contribution is 2.07. The van der Waals surface area contributed by atoms with E-state index < -0.39 is 12.0 Å². The van der Waals surface area contributed by atoms with Gasteiger partial charge in [0.1, 0.15) is 6.04 Å². The molecule has 1 heterocycles. The standard InChI is InChI=1S/C8H14N2O3/c1-6(11)10-4-3-9(2)7(5-10)8(12)13/h7H,3-5H2,1-2H3,(H,12,13)/t7-/m0/s1. The predicted molar refractivity (Wildman–Crippen MR) is 46.3 cm³/mol. The summed E-state index contributed by atoms with van der Waals surface area (Å²) in [7, 11) is 1.76. The molecule has 1 fully saturated rings. The molecule has 13 heavy (non-hydrogen) atoms. The zero-order chi connectivity index (χ0) is 10.0. The Hall–Kier alpha value is -1.10. The number of amides is 1. The van der Waals surface area contributed by atoms with Crippen molar-refractivity contribution in [3.63, 3.8) is 0 Å². The Morgan fingerprint density at radius 2 is 2.00 bits per heavy atom. The molecular formula is C8H14N2O3. The van der Waals surface area contributed by atoms with Crippen LogP contribution in [0.15, 0.2) is 0 Å². The minimum absolute atomic E-state index is 0.0562. The molecule has 0 unspecified atom stereocenters. The Labute approximate surface area is 76.9 Å². The molecule has 0 aromatic carbocycles. The van der Waals surface area contributed by atoms with E-state index in [1.165, 1.54) is 6.92 Å². The van der Waals surface area contributed by atoms with Gasteiger partial charge in [0.25, 0.3) is 0 Å². The molecule has 5 nitrogen and oxygen atoms in total. The third-order valence-electron chi connectivity index (χ3n) is 2.38. The van der Waals surface area contributed by atoms with Crippen molar-refractivity contribution in [2.24, 2.45) is 0 Å². The lowest BCUT2D eigenvalue weighted by atomic mass is 10.2.